The van der Waals surface area contributed by atoms with E-state index < -0.39 is 11.8 Å². The molecule has 0 amide bonds. The number of carboxylic acid groups (broad SMARTS) is 1. The van der Waals surface area contributed by atoms with Gasteiger partial charge in [-0.1, -0.05) is 24.3 Å². The molecule has 4 aromatic rings. The van der Waals surface area contributed by atoms with E-state index in [0.717, 1.165) is 74.3 Å². The number of carbonyl (C=O) groups is 1. The molecule has 1 aromatic heterocycles. The lowest BCUT2D eigenvalue weighted by atomic mass is 9.89. The highest BCUT2D eigenvalue weighted by Gasteiger charge is 2.25. The van der Waals surface area contributed by atoms with Crippen molar-refractivity contribution in [1.82, 2.24) is 14.5 Å². The second-order valence-electron chi connectivity index (χ2n) is 11.2. The minimum atomic E-state index is -0.938. The Hall–Kier alpha value is -4.26. The average Bonchev–Trinajstić information content (AvgIpc) is 3.31. The minimum absolute atomic E-state index is 0.144. The zero-order valence-corrected chi connectivity index (χ0v) is 23.3. The first-order chi connectivity index (χ1) is 20.4. The summed E-state index contributed by atoms with van der Waals surface area (Å²) in [6.07, 6.45) is 4.29. The summed E-state index contributed by atoms with van der Waals surface area (Å²) in [6.45, 7) is 4.43. The van der Waals surface area contributed by atoms with E-state index >= 15 is 0 Å². The molecule has 1 N–H and O–H groups in total. The third kappa shape index (κ3) is 6.30. The fourth-order valence-corrected chi connectivity index (χ4v) is 5.87. The maximum absolute atomic E-state index is 13.4. The van der Waals surface area contributed by atoms with Crippen LogP contribution in [-0.4, -0.2) is 51.3 Å². The number of ether oxygens (including phenoxy) is 2. The Labute approximate surface area is 243 Å². The molecule has 0 bridgehead atoms. The van der Waals surface area contributed by atoms with Gasteiger partial charge in [0.15, 0.2) is 0 Å². The number of benzene rings is 3. The Morgan fingerprint density at radius 1 is 1.10 bits per heavy atom. The highest BCUT2D eigenvalue weighted by molar-refractivity contribution is 5.92. The number of aromatic carboxylic acids is 1. The van der Waals surface area contributed by atoms with Crippen LogP contribution in [0.5, 0.6) is 5.75 Å². The summed E-state index contributed by atoms with van der Waals surface area (Å²) in [5.41, 5.74) is 4.39. The number of hydrogen-bond donors (Lipinski definition) is 1. The van der Waals surface area contributed by atoms with E-state index in [1.54, 1.807) is 18.2 Å². The van der Waals surface area contributed by atoms with Crippen LogP contribution in [0.4, 0.5) is 4.39 Å². The van der Waals surface area contributed by atoms with Crippen molar-refractivity contribution in [2.75, 3.05) is 19.7 Å². The number of imidazole rings is 1. The minimum Gasteiger partial charge on any atom is -0.488 e. The van der Waals surface area contributed by atoms with Gasteiger partial charge in [0.2, 0.25) is 0 Å². The molecule has 2 saturated heterocycles. The van der Waals surface area contributed by atoms with Crippen molar-refractivity contribution in [3.8, 4) is 11.8 Å². The molecule has 0 saturated carbocycles. The van der Waals surface area contributed by atoms with Gasteiger partial charge in [-0.2, -0.15) is 5.26 Å². The molecule has 9 heteroatoms. The molecule has 8 nitrogen and oxygen atoms in total. The third-order valence-corrected chi connectivity index (χ3v) is 8.30. The number of nitriles is 1. The second kappa shape index (κ2) is 12.3. The molecule has 2 fully saturated rings. The van der Waals surface area contributed by atoms with Crippen LogP contribution < -0.4 is 4.74 Å². The van der Waals surface area contributed by atoms with Crippen molar-refractivity contribution < 1.29 is 23.8 Å². The maximum atomic E-state index is 13.4. The number of halogens is 1. The quantitative estimate of drug-likeness (QED) is 0.267. The molecule has 6 rings (SSSR count). The van der Waals surface area contributed by atoms with Gasteiger partial charge >= 0.3 is 5.97 Å². The van der Waals surface area contributed by atoms with Gasteiger partial charge in [0, 0.05) is 6.61 Å². The Bertz CT molecular complexity index is 1630. The normalized spacial score (nSPS) is 17.6. The first-order valence-electron chi connectivity index (χ1n) is 14.4. The Morgan fingerprint density at radius 2 is 1.90 bits per heavy atom. The maximum Gasteiger partial charge on any atom is 0.335 e. The Morgan fingerprint density at radius 3 is 2.64 bits per heavy atom. The van der Waals surface area contributed by atoms with Crippen LogP contribution in [0.3, 0.4) is 0 Å². The molecular weight excluding hydrogens is 535 g/mol. The van der Waals surface area contributed by atoms with Gasteiger partial charge in [0.25, 0.3) is 0 Å². The first kappa shape index (κ1) is 27.9. The summed E-state index contributed by atoms with van der Waals surface area (Å²) < 4.78 is 27.1. The lowest BCUT2D eigenvalue weighted by Gasteiger charge is -2.32. The van der Waals surface area contributed by atoms with Crippen LogP contribution in [0.1, 0.15) is 52.1 Å². The molecule has 0 aliphatic carbocycles. The molecule has 3 aromatic carbocycles. The average molecular weight is 569 g/mol. The van der Waals surface area contributed by atoms with Crippen LogP contribution in [0.15, 0.2) is 60.7 Å². The van der Waals surface area contributed by atoms with E-state index in [2.05, 4.69) is 21.6 Å². The van der Waals surface area contributed by atoms with Gasteiger partial charge in [-0.05, 0) is 92.2 Å². The molecular formula is C33H33FN4O4. The SMILES string of the molecule is N#Cc1cc(F)ccc1OCc1cccc(CC2CCN(Cc3nc4ccc(C(=O)O)cc4n3C[C@@H]3CCO3)CC2)c1. The van der Waals surface area contributed by atoms with Crippen LogP contribution in [0, 0.1) is 23.1 Å². The second-order valence-corrected chi connectivity index (χ2v) is 11.2. The summed E-state index contributed by atoms with van der Waals surface area (Å²) in [7, 11) is 0. The van der Waals surface area contributed by atoms with Gasteiger partial charge in [0.05, 0.1) is 41.4 Å². The van der Waals surface area contributed by atoms with E-state index in [1.807, 2.05) is 18.2 Å². The summed E-state index contributed by atoms with van der Waals surface area (Å²) in [4.78, 5) is 18.9. The molecule has 216 valence electrons. The molecule has 0 spiro atoms. The third-order valence-electron chi connectivity index (χ3n) is 8.30. The Balaban J connectivity index is 1.06. The monoisotopic (exact) mass is 568 g/mol. The summed E-state index contributed by atoms with van der Waals surface area (Å²) in [5.74, 6) is 0.512. The fourth-order valence-electron chi connectivity index (χ4n) is 5.87. The van der Waals surface area contributed by atoms with Crippen LogP contribution in [0.2, 0.25) is 0 Å². The fraction of sp³-hybridized carbons (Fsp3) is 0.364. The predicted octanol–water partition coefficient (Wildman–Crippen LogP) is 5.57. The van der Waals surface area contributed by atoms with Crippen molar-refractivity contribution in [1.29, 1.82) is 5.26 Å². The van der Waals surface area contributed by atoms with Crippen LogP contribution in [0.25, 0.3) is 11.0 Å². The van der Waals surface area contributed by atoms with Crippen molar-refractivity contribution >= 4 is 17.0 Å². The van der Waals surface area contributed by atoms with E-state index in [1.165, 1.54) is 23.8 Å². The van der Waals surface area contributed by atoms with Crippen molar-refractivity contribution in [2.24, 2.45) is 5.92 Å². The molecule has 2 aliphatic heterocycles. The smallest absolute Gasteiger partial charge is 0.335 e. The predicted molar refractivity (Wildman–Crippen MR) is 155 cm³/mol. The van der Waals surface area contributed by atoms with Crippen molar-refractivity contribution in [2.45, 2.75) is 51.5 Å². The zero-order chi connectivity index (χ0) is 29.1. The highest BCUT2D eigenvalue weighted by atomic mass is 19.1. The zero-order valence-electron chi connectivity index (χ0n) is 23.3. The van der Waals surface area contributed by atoms with Gasteiger partial charge in [-0.25, -0.2) is 14.2 Å². The van der Waals surface area contributed by atoms with Gasteiger partial charge in [-0.15, -0.1) is 0 Å². The van der Waals surface area contributed by atoms with E-state index in [-0.39, 0.29) is 17.2 Å². The lowest BCUT2D eigenvalue weighted by molar-refractivity contribution is -0.0592. The topological polar surface area (TPSA) is 101 Å². The Kier molecular flexibility index (Phi) is 8.17. The van der Waals surface area contributed by atoms with Crippen LogP contribution in [-0.2, 0) is 30.9 Å². The van der Waals surface area contributed by atoms with Gasteiger partial charge < -0.3 is 19.1 Å². The number of hydrogen-bond acceptors (Lipinski definition) is 6. The molecule has 1 atom stereocenters. The van der Waals surface area contributed by atoms with Crippen molar-refractivity contribution in [3.05, 3.63) is 94.6 Å². The molecule has 2 aliphatic rings. The number of fused-ring (bicyclic) bond motifs is 1. The van der Waals surface area contributed by atoms with Gasteiger partial charge in [0.1, 0.15) is 30.1 Å². The first-order valence-corrected chi connectivity index (χ1v) is 14.4. The summed E-state index contributed by atoms with van der Waals surface area (Å²) in [5, 5.41) is 18.8. The van der Waals surface area contributed by atoms with Gasteiger partial charge in [-0.3, -0.25) is 4.90 Å². The van der Waals surface area contributed by atoms with E-state index in [0.29, 0.717) is 24.8 Å². The van der Waals surface area contributed by atoms with Crippen LogP contribution >= 0.6 is 0 Å². The number of carboxylic acids is 1. The summed E-state index contributed by atoms with van der Waals surface area (Å²) >= 11 is 0. The van der Waals surface area contributed by atoms with E-state index in [4.69, 9.17) is 14.5 Å². The highest BCUT2D eigenvalue weighted by Crippen LogP contribution is 2.27. The number of rotatable bonds is 10. The van der Waals surface area contributed by atoms with E-state index in [9.17, 15) is 19.6 Å². The molecule has 42 heavy (non-hydrogen) atoms. The molecule has 3 heterocycles. The lowest BCUT2D eigenvalue weighted by Crippen LogP contribution is -2.36. The molecule has 0 unspecified atom stereocenters. The van der Waals surface area contributed by atoms with Crippen molar-refractivity contribution in [3.63, 3.8) is 0 Å². The standard InChI is InChI=1S/C33H33FN4O4/c34-27-5-7-31(26(16-27)18-35)42-21-24-3-1-2-23(15-24)14-22-8-11-37(12-9-22)20-32-36-29-6-4-25(33(39)40)17-30(29)38(32)19-28-10-13-41-28/h1-7,15-17,22,28H,8-14,19-21H2,(H,39,40)/t28-/m0/s1. The largest absolute Gasteiger partial charge is 0.488 e. The number of piperidine rings is 1. The number of likely N-dealkylation sites (tertiary alicyclic amines) is 1. The number of aromatic nitrogens is 2. The molecule has 0 radical (unpaired) electrons. The number of nitrogens with zero attached hydrogens (tertiary/aromatic N) is 4. The summed E-state index contributed by atoms with van der Waals surface area (Å²) in [6, 6.07) is 19.4.